The summed E-state index contributed by atoms with van der Waals surface area (Å²) in [7, 11) is 0. The summed E-state index contributed by atoms with van der Waals surface area (Å²) in [4.78, 5) is 19.7. The number of halogens is 1. The minimum Gasteiger partial charge on any atom is -0.396 e. The molecule has 0 fully saturated rings. The third-order valence-electron chi connectivity index (χ3n) is 1.98. The molecular weight excluding hydrogens is 274 g/mol. The topological polar surface area (TPSA) is 86.7 Å². The quantitative estimate of drug-likeness (QED) is 0.843. The van der Waals surface area contributed by atoms with Crippen molar-refractivity contribution in [1.82, 2.24) is 19.7 Å². The van der Waals surface area contributed by atoms with Crippen LogP contribution in [-0.2, 0) is 0 Å². The van der Waals surface area contributed by atoms with Crippen LogP contribution in [0.1, 0.15) is 16.2 Å². The summed E-state index contributed by atoms with van der Waals surface area (Å²) in [6, 6.07) is 0. The lowest BCUT2D eigenvalue weighted by atomic mass is 10.4. The zero-order chi connectivity index (χ0) is 11.7. The number of nitrogens with zero attached hydrogens (tertiary/aromatic N) is 4. The molecule has 0 bridgehead atoms. The summed E-state index contributed by atoms with van der Waals surface area (Å²) < 4.78 is 1.72. The second kappa shape index (κ2) is 4.01. The first-order chi connectivity index (χ1) is 7.58. The van der Waals surface area contributed by atoms with E-state index in [4.69, 9.17) is 5.73 Å². The number of nitrogens with two attached hydrogens (primary N) is 1. The SMILES string of the molecule is Cc1nn(C(=O)c2cnc(Br)cn2)cc1N. The van der Waals surface area contributed by atoms with Crippen LogP contribution in [0.4, 0.5) is 5.69 Å². The van der Waals surface area contributed by atoms with E-state index in [9.17, 15) is 4.79 Å². The van der Waals surface area contributed by atoms with Gasteiger partial charge in [-0.3, -0.25) is 4.79 Å². The van der Waals surface area contributed by atoms with E-state index in [1.165, 1.54) is 18.6 Å². The molecule has 0 aliphatic rings. The van der Waals surface area contributed by atoms with Crippen molar-refractivity contribution in [3.05, 3.63) is 34.6 Å². The maximum Gasteiger partial charge on any atom is 0.298 e. The molecule has 2 aromatic heterocycles. The van der Waals surface area contributed by atoms with Crippen molar-refractivity contribution in [2.45, 2.75) is 6.92 Å². The molecule has 0 atom stereocenters. The smallest absolute Gasteiger partial charge is 0.298 e. The van der Waals surface area contributed by atoms with E-state index in [2.05, 4.69) is 31.0 Å². The maximum atomic E-state index is 11.9. The number of carbonyl (C=O) groups is 1. The van der Waals surface area contributed by atoms with Crippen LogP contribution in [0.15, 0.2) is 23.2 Å². The molecule has 2 aromatic rings. The molecule has 82 valence electrons. The Morgan fingerprint density at radius 1 is 1.44 bits per heavy atom. The molecule has 2 heterocycles. The molecule has 0 aromatic carbocycles. The van der Waals surface area contributed by atoms with Gasteiger partial charge in [-0.2, -0.15) is 5.10 Å². The van der Waals surface area contributed by atoms with Crippen molar-refractivity contribution >= 4 is 27.5 Å². The summed E-state index contributed by atoms with van der Waals surface area (Å²) in [6.45, 7) is 1.73. The van der Waals surface area contributed by atoms with Crippen molar-refractivity contribution in [3.8, 4) is 0 Å². The minimum atomic E-state index is -0.361. The van der Waals surface area contributed by atoms with Gasteiger partial charge in [-0.15, -0.1) is 0 Å². The highest BCUT2D eigenvalue weighted by molar-refractivity contribution is 9.10. The van der Waals surface area contributed by atoms with E-state index < -0.39 is 0 Å². The Bertz CT molecular complexity index is 514. The minimum absolute atomic E-state index is 0.214. The summed E-state index contributed by atoms with van der Waals surface area (Å²) >= 11 is 3.14. The fourth-order valence-electron chi connectivity index (χ4n) is 1.12. The van der Waals surface area contributed by atoms with Crippen molar-refractivity contribution in [1.29, 1.82) is 0 Å². The number of anilines is 1. The number of hydrogen-bond donors (Lipinski definition) is 1. The molecule has 0 aliphatic carbocycles. The second-order valence-electron chi connectivity index (χ2n) is 3.14. The molecule has 0 amide bonds. The molecule has 0 saturated heterocycles. The van der Waals surface area contributed by atoms with Gasteiger partial charge in [0.15, 0.2) is 0 Å². The van der Waals surface area contributed by atoms with Crippen molar-refractivity contribution in [2.75, 3.05) is 5.73 Å². The van der Waals surface area contributed by atoms with Crippen LogP contribution in [-0.4, -0.2) is 25.7 Å². The standard InChI is InChI=1S/C9H8BrN5O/c1-5-6(11)4-15(14-5)9(16)7-2-13-8(10)3-12-7/h2-4H,11H2,1H3. The monoisotopic (exact) mass is 281 g/mol. The molecule has 0 unspecified atom stereocenters. The predicted molar refractivity (Wildman–Crippen MR) is 60.8 cm³/mol. The van der Waals surface area contributed by atoms with E-state index in [1.807, 2.05) is 0 Å². The van der Waals surface area contributed by atoms with Crippen LogP contribution in [0.5, 0.6) is 0 Å². The highest BCUT2D eigenvalue weighted by Gasteiger charge is 2.13. The van der Waals surface area contributed by atoms with Crippen molar-refractivity contribution in [2.24, 2.45) is 0 Å². The normalized spacial score (nSPS) is 10.4. The lowest BCUT2D eigenvalue weighted by Crippen LogP contribution is -2.14. The molecule has 0 aliphatic heterocycles. The Morgan fingerprint density at radius 2 is 2.19 bits per heavy atom. The highest BCUT2D eigenvalue weighted by Crippen LogP contribution is 2.09. The van der Waals surface area contributed by atoms with E-state index >= 15 is 0 Å². The van der Waals surface area contributed by atoms with Gasteiger partial charge in [0.1, 0.15) is 10.3 Å². The van der Waals surface area contributed by atoms with E-state index in [0.717, 1.165) is 4.68 Å². The van der Waals surface area contributed by atoms with Gasteiger partial charge in [0.25, 0.3) is 5.91 Å². The van der Waals surface area contributed by atoms with E-state index in [0.29, 0.717) is 16.0 Å². The molecule has 0 radical (unpaired) electrons. The van der Waals surface area contributed by atoms with Crippen LogP contribution >= 0.6 is 15.9 Å². The average Bonchev–Trinajstić information content (AvgIpc) is 2.59. The second-order valence-corrected chi connectivity index (χ2v) is 3.96. The zero-order valence-electron chi connectivity index (χ0n) is 8.38. The van der Waals surface area contributed by atoms with E-state index in [1.54, 1.807) is 6.92 Å². The molecule has 0 saturated carbocycles. The Kier molecular flexibility index (Phi) is 2.69. The first kappa shape index (κ1) is 10.7. The molecule has 2 rings (SSSR count). The Balaban J connectivity index is 2.35. The van der Waals surface area contributed by atoms with Crippen LogP contribution in [0, 0.1) is 6.92 Å². The number of aryl methyl sites for hydroxylation is 1. The first-order valence-electron chi connectivity index (χ1n) is 4.42. The predicted octanol–water partition coefficient (Wildman–Crippen LogP) is 1.01. The van der Waals surface area contributed by atoms with Gasteiger partial charge in [0, 0.05) is 0 Å². The number of rotatable bonds is 1. The van der Waals surface area contributed by atoms with Crippen LogP contribution < -0.4 is 5.73 Å². The summed E-state index contributed by atoms with van der Waals surface area (Å²) in [5.74, 6) is -0.361. The Morgan fingerprint density at radius 3 is 2.69 bits per heavy atom. The fourth-order valence-corrected chi connectivity index (χ4v) is 1.32. The number of carbonyl (C=O) groups excluding carboxylic acids is 1. The van der Waals surface area contributed by atoms with Gasteiger partial charge in [-0.1, -0.05) is 0 Å². The molecule has 2 N–H and O–H groups in total. The first-order valence-corrected chi connectivity index (χ1v) is 5.21. The summed E-state index contributed by atoms with van der Waals surface area (Å²) in [5, 5.41) is 3.97. The van der Waals surface area contributed by atoms with Gasteiger partial charge in [0.05, 0.1) is 30.0 Å². The molecular formula is C9H8BrN5O. The van der Waals surface area contributed by atoms with Gasteiger partial charge in [-0.25, -0.2) is 14.6 Å². The molecule has 6 nitrogen and oxygen atoms in total. The van der Waals surface area contributed by atoms with Gasteiger partial charge in [0.2, 0.25) is 0 Å². The Labute approximate surface area is 99.6 Å². The van der Waals surface area contributed by atoms with Crippen LogP contribution in [0.25, 0.3) is 0 Å². The third kappa shape index (κ3) is 1.94. The molecule has 16 heavy (non-hydrogen) atoms. The Hall–Kier alpha value is -1.76. The average molecular weight is 282 g/mol. The van der Waals surface area contributed by atoms with Crippen molar-refractivity contribution in [3.63, 3.8) is 0 Å². The number of nitrogen functional groups attached to an aromatic ring is 1. The number of hydrogen-bond acceptors (Lipinski definition) is 5. The van der Waals surface area contributed by atoms with Crippen LogP contribution in [0.2, 0.25) is 0 Å². The van der Waals surface area contributed by atoms with Gasteiger partial charge < -0.3 is 5.73 Å². The maximum absolute atomic E-state index is 11.9. The highest BCUT2D eigenvalue weighted by atomic mass is 79.9. The van der Waals surface area contributed by atoms with Gasteiger partial charge >= 0.3 is 0 Å². The lowest BCUT2D eigenvalue weighted by molar-refractivity contribution is 0.0939. The lowest BCUT2D eigenvalue weighted by Gasteiger charge is -1.98. The zero-order valence-corrected chi connectivity index (χ0v) is 9.97. The molecule has 0 spiro atoms. The largest absolute Gasteiger partial charge is 0.396 e. The van der Waals surface area contributed by atoms with Crippen molar-refractivity contribution < 1.29 is 4.79 Å². The summed E-state index contributed by atoms with van der Waals surface area (Å²) in [6.07, 6.45) is 4.29. The van der Waals surface area contributed by atoms with E-state index in [-0.39, 0.29) is 11.6 Å². The third-order valence-corrected chi connectivity index (χ3v) is 2.39. The summed E-state index contributed by atoms with van der Waals surface area (Å²) in [5.41, 5.74) is 6.90. The molecule has 7 heteroatoms. The fraction of sp³-hybridized carbons (Fsp3) is 0.111. The van der Waals surface area contributed by atoms with Gasteiger partial charge in [-0.05, 0) is 22.9 Å². The number of aromatic nitrogens is 4. The van der Waals surface area contributed by atoms with Crippen LogP contribution in [0.3, 0.4) is 0 Å².